The molecule has 26 heavy (non-hydrogen) atoms. The molecule has 3 rings (SSSR count). The van der Waals surface area contributed by atoms with Crippen molar-refractivity contribution in [3.8, 4) is 11.3 Å². The number of nitrogens with zero attached hydrogens (tertiary/aromatic N) is 3. The van der Waals surface area contributed by atoms with E-state index >= 15 is 0 Å². The number of carbonyl (C=O) groups is 1. The van der Waals surface area contributed by atoms with Crippen molar-refractivity contribution in [1.82, 2.24) is 20.0 Å². The van der Waals surface area contributed by atoms with Gasteiger partial charge in [-0.1, -0.05) is 23.7 Å². The molecule has 0 unspecified atom stereocenters. The molecule has 140 valence electrons. The lowest BCUT2D eigenvalue weighted by atomic mass is 9.92. The second kappa shape index (κ2) is 7.39. The van der Waals surface area contributed by atoms with E-state index in [1.165, 1.54) is 0 Å². The largest absolute Gasteiger partial charge is 0.387 e. The topological polar surface area (TPSA) is 72.5 Å². The molecule has 6 nitrogen and oxygen atoms in total. The van der Waals surface area contributed by atoms with Crippen LogP contribution in [0.2, 0.25) is 5.02 Å². The second-order valence-corrected chi connectivity index (χ2v) is 7.81. The average molecular weight is 377 g/mol. The summed E-state index contributed by atoms with van der Waals surface area (Å²) in [5.41, 5.74) is 2.06. The van der Waals surface area contributed by atoms with Crippen LogP contribution < -0.4 is 0 Å². The van der Waals surface area contributed by atoms with Crippen LogP contribution in [-0.4, -0.2) is 70.3 Å². The second-order valence-electron chi connectivity index (χ2n) is 7.37. The van der Waals surface area contributed by atoms with Gasteiger partial charge in [-0.05, 0) is 46.0 Å². The van der Waals surface area contributed by atoms with Crippen LogP contribution in [-0.2, 0) is 0 Å². The molecule has 1 atom stereocenters. The number of carbonyl (C=O) groups excluding carboxylic acids is 1. The molecule has 0 saturated carbocycles. The summed E-state index contributed by atoms with van der Waals surface area (Å²) in [6, 6.07) is 7.38. The van der Waals surface area contributed by atoms with Crippen LogP contribution in [0.3, 0.4) is 0 Å². The maximum atomic E-state index is 13.0. The highest BCUT2D eigenvalue weighted by molar-refractivity contribution is 6.30. The standard InChI is InChI=1S/C19H25ClN4O2/c1-13-16(14-5-7-15(20)8-6-14)21-22-17(13)18(25)24-10-4-9-19(26,12-24)11-23(2)3/h5-8,26H,4,9-12H2,1-3H3,(H,21,22)/t19-/m0/s1. The fourth-order valence-electron chi connectivity index (χ4n) is 3.66. The molecule has 7 heteroatoms. The Morgan fingerprint density at radius 3 is 2.73 bits per heavy atom. The number of aromatic amines is 1. The quantitative estimate of drug-likeness (QED) is 0.860. The van der Waals surface area contributed by atoms with E-state index in [-0.39, 0.29) is 5.91 Å². The Labute approximate surface area is 158 Å². The highest BCUT2D eigenvalue weighted by Crippen LogP contribution is 2.27. The fraction of sp³-hybridized carbons (Fsp3) is 0.474. The number of hydrogen-bond donors (Lipinski definition) is 2. The maximum absolute atomic E-state index is 13.0. The molecule has 1 amide bonds. The minimum absolute atomic E-state index is 0.118. The van der Waals surface area contributed by atoms with Gasteiger partial charge >= 0.3 is 0 Å². The number of benzene rings is 1. The molecule has 0 spiro atoms. The van der Waals surface area contributed by atoms with Crippen molar-refractivity contribution in [2.75, 3.05) is 33.7 Å². The zero-order valence-electron chi connectivity index (χ0n) is 15.4. The van der Waals surface area contributed by atoms with Gasteiger partial charge < -0.3 is 14.9 Å². The summed E-state index contributed by atoms with van der Waals surface area (Å²) >= 11 is 5.94. The minimum atomic E-state index is -0.871. The van der Waals surface area contributed by atoms with Gasteiger partial charge in [-0.2, -0.15) is 5.10 Å². The zero-order chi connectivity index (χ0) is 18.9. The number of rotatable bonds is 4. The summed E-state index contributed by atoms with van der Waals surface area (Å²) in [7, 11) is 3.85. The maximum Gasteiger partial charge on any atom is 0.272 e. The monoisotopic (exact) mass is 376 g/mol. The molecule has 2 aromatic rings. The van der Waals surface area contributed by atoms with E-state index in [0.717, 1.165) is 23.2 Å². The lowest BCUT2D eigenvalue weighted by Crippen LogP contribution is -2.54. The van der Waals surface area contributed by atoms with Gasteiger partial charge in [0.25, 0.3) is 5.91 Å². The summed E-state index contributed by atoms with van der Waals surface area (Å²) in [6.45, 7) is 3.40. The number of amides is 1. The van der Waals surface area contributed by atoms with Crippen molar-refractivity contribution in [1.29, 1.82) is 0 Å². The molecular formula is C19H25ClN4O2. The Hall–Kier alpha value is -1.89. The number of piperidine rings is 1. The molecule has 0 bridgehead atoms. The van der Waals surface area contributed by atoms with Gasteiger partial charge in [-0.25, -0.2) is 0 Å². The lowest BCUT2D eigenvalue weighted by Gasteiger charge is -2.40. The van der Waals surface area contributed by atoms with Gasteiger partial charge in [0.15, 0.2) is 0 Å². The first kappa shape index (κ1) is 18.9. The van der Waals surface area contributed by atoms with Crippen LogP contribution in [0.1, 0.15) is 28.9 Å². The van der Waals surface area contributed by atoms with Crippen molar-refractivity contribution in [2.45, 2.75) is 25.4 Å². The van der Waals surface area contributed by atoms with Crippen LogP contribution in [0.25, 0.3) is 11.3 Å². The highest BCUT2D eigenvalue weighted by Gasteiger charge is 2.36. The van der Waals surface area contributed by atoms with Gasteiger partial charge in [0, 0.05) is 29.2 Å². The summed E-state index contributed by atoms with van der Waals surface area (Å²) in [4.78, 5) is 16.7. The molecule has 2 N–H and O–H groups in total. The lowest BCUT2D eigenvalue weighted by molar-refractivity contribution is -0.0393. The Kier molecular flexibility index (Phi) is 5.37. The molecule has 0 aliphatic carbocycles. The van der Waals surface area contributed by atoms with Gasteiger partial charge in [0.1, 0.15) is 5.69 Å². The Morgan fingerprint density at radius 1 is 1.38 bits per heavy atom. The summed E-state index contributed by atoms with van der Waals surface area (Å²) in [5, 5.41) is 18.7. The zero-order valence-corrected chi connectivity index (χ0v) is 16.2. The fourth-order valence-corrected chi connectivity index (χ4v) is 3.78. The van der Waals surface area contributed by atoms with E-state index in [4.69, 9.17) is 11.6 Å². The summed E-state index contributed by atoms with van der Waals surface area (Å²) in [5.74, 6) is -0.118. The number of aromatic nitrogens is 2. The first-order valence-corrected chi connectivity index (χ1v) is 9.14. The Morgan fingerprint density at radius 2 is 2.08 bits per heavy atom. The van der Waals surface area contributed by atoms with E-state index in [9.17, 15) is 9.90 Å². The van der Waals surface area contributed by atoms with Crippen LogP contribution >= 0.6 is 11.6 Å². The van der Waals surface area contributed by atoms with E-state index in [1.54, 1.807) is 17.0 Å². The molecule has 1 aliphatic rings. The number of likely N-dealkylation sites (tertiary alicyclic amines) is 1. The molecule has 1 aromatic carbocycles. The predicted molar refractivity (Wildman–Crippen MR) is 102 cm³/mol. The van der Waals surface area contributed by atoms with Crippen molar-refractivity contribution >= 4 is 17.5 Å². The third-order valence-electron chi connectivity index (χ3n) is 4.79. The minimum Gasteiger partial charge on any atom is -0.387 e. The van der Waals surface area contributed by atoms with Crippen molar-refractivity contribution in [3.05, 3.63) is 40.5 Å². The number of β-amino-alcohol motifs (C(OH)–C–C–N with tert-alkyl or cyclic N) is 1. The number of H-pyrrole nitrogens is 1. The number of hydrogen-bond acceptors (Lipinski definition) is 4. The SMILES string of the molecule is Cc1c(-c2ccc(Cl)cc2)n[nH]c1C(=O)N1CCC[C@](O)(CN(C)C)C1. The predicted octanol–water partition coefficient (Wildman–Crippen LogP) is 2.57. The van der Waals surface area contributed by atoms with Crippen LogP contribution in [0.5, 0.6) is 0 Å². The first-order valence-electron chi connectivity index (χ1n) is 8.76. The normalized spacial score (nSPS) is 20.6. The van der Waals surface area contributed by atoms with Crippen LogP contribution in [0, 0.1) is 6.92 Å². The van der Waals surface area contributed by atoms with Gasteiger partial charge in [-0.3, -0.25) is 9.89 Å². The van der Waals surface area contributed by atoms with Gasteiger partial charge in [0.05, 0.1) is 17.8 Å². The summed E-state index contributed by atoms with van der Waals surface area (Å²) < 4.78 is 0. The summed E-state index contributed by atoms with van der Waals surface area (Å²) in [6.07, 6.45) is 1.49. The molecule has 1 saturated heterocycles. The van der Waals surface area contributed by atoms with Crippen molar-refractivity contribution < 1.29 is 9.90 Å². The molecule has 1 fully saturated rings. The van der Waals surface area contributed by atoms with Crippen molar-refractivity contribution in [2.24, 2.45) is 0 Å². The van der Waals surface area contributed by atoms with E-state index in [2.05, 4.69) is 10.2 Å². The van der Waals surface area contributed by atoms with E-state index < -0.39 is 5.60 Å². The van der Waals surface area contributed by atoms with Crippen LogP contribution in [0.15, 0.2) is 24.3 Å². The van der Waals surface area contributed by atoms with E-state index in [0.29, 0.717) is 36.8 Å². The van der Waals surface area contributed by atoms with E-state index in [1.807, 2.05) is 38.1 Å². The third-order valence-corrected chi connectivity index (χ3v) is 5.05. The Balaban J connectivity index is 1.81. The number of aliphatic hydroxyl groups is 1. The Bertz CT molecular complexity index is 787. The number of likely N-dealkylation sites (N-methyl/N-ethyl adjacent to an activating group) is 1. The molecule has 0 radical (unpaired) electrons. The molecule has 2 heterocycles. The highest BCUT2D eigenvalue weighted by atomic mass is 35.5. The average Bonchev–Trinajstić information content (AvgIpc) is 2.95. The molecular weight excluding hydrogens is 352 g/mol. The van der Waals surface area contributed by atoms with Gasteiger partial charge in [-0.15, -0.1) is 0 Å². The third kappa shape index (κ3) is 3.92. The van der Waals surface area contributed by atoms with Crippen LogP contribution in [0.4, 0.5) is 0 Å². The van der Waals surface area contributed by atoms with Gasteiger partial charge in [0.2, 0.25) is 0 Å². The number of halogens is 1. The first-order chi connectivity index (χ1) is 12.3. The molecule has 1 aliphatic heterocycles. The number of nitrogens with one attached hydrogen (secondary N) is 1. The van der Waals surface area contributed by atoms with Crippen molar-refractivity contribution in [3.63, 3.8) is 0 Å². The smallest absolute Gasteiger partial charge is 0.272 e. The molecule has 1 aromatic heterocycles.